The number of rotatable bonds is 3. The van der Waals surface area contributed by atoms with Gasteiger partial charge in [0.15, 0.2) is 0 Å². The average molecular weight is 259 g/mol. The third-order valence-electron chi connectivity index (χ3n) is 1.61. The molecule has 1 aromatic carbocycles. The fourth-order valence-corrected chi connectivity index (χ4v) is 2.59. The van der Waals surface area contributed by atoms with Crippen molar-refractivity contribution in [2.24, 2.45) is 0 Å². The van der Waals surface area contributed by atoms with Crippen molar-refractivity contribution in [1.29, 1.82) is 0 Å². The molecule has 1 amide bonds. The van der Waals surface area contributed by atoms with Crippen LogP contribution in [0.1, 0.15) is 13.3 Å². The first-order valence-corrected chi connectivity index (χ1v) is 6.31. The van der Waals surface area contributed by atoms with Crippen LogP contribution in [0, 0.1) is 0 Å². The van der Waals surface area contributed by atoms with Gasteiger partial charge in [-0.05, 0) is 36.4 Å². The van der Waals surface area contributed by atoms with Gasteiger partial charge in [-0.1, -0.05) is 6.92 Å². The average Bonchev–Trinajstić information content (AvgIpc) is 2.13. The first-order valence-electron chi connectivity index (χ1n) is 4.60. The summed E-state index contributed by atoms with van der Waals surface area (Å²) in [5.41, 5.74) is 0. The van der Waals surface area contributed by atoms with Gasteiger partial charge < -0.3 is 5.32 Å². The summed E-state index contributed by atoms with van der Waals surface area (Å²) in [6.45, 7) is 2.73. The number of hydrogen-bond acceptors (Lipinski definition) is 4. The van der Waals surface area contributed by atoms with Crippen LogP contribution < -0.4 is 5.32 Å². The minimum absolute atomic E-state index is 0.0384. The van der Waals surface area contributed by atoms with E-state index in [0.717, 1.165) is 32.9 Å². The lowest BCUT2D eigenvalue weighted by Crippen LogP contribution is -2.18. The van der Waals surface area contributed by atoms with Crippen molar-refractivity contribution in [2.45, 2.75) is 28.0 Å². The van der Waals surface area contributed by atoms with E-state index < -0.39 is 0 Å². The summed E-state index contributed by atoms with van der Waals surface area (Å²) in [4.78, 5) is 13.9. The highest BCUT2D eigenvalue weighted by Gasteiger charge is 2.04. The molecule has 0 spiro atoms. The normalized spacial score (nSPS) is 10.1. The predicted octanol–water partition coefficient (Wildman–Crippen LogP) is 3.48. The van der Waals surface area contributed by atoms with Crippen molar-refractivity contribution in [1.82, 2.24) is 5.32 Å². The molecule has 0 aromatic heterocycles. The van der Waals surface area contributed by atoms with Crippen molar-refractivity contribution in [3.8, 4) is 0 Å². The molecule has 15 heavy (non-hydrogen) atoms. The highest BCUT2D eigenvalue weighted by molar-refractivity contribution is 8.13. The zero-order valence-electron chi connectivity index (χ0n) is 8.36. The SMILES string of the molecule is CCCNC(=O)Sc1cc(S)cc(S)c1. The van der Waals surface area contributed by atoms with Crippen molar-refractivity contribution < 1.29 is 4.79 Å². The first kappa shape index (κ1) is 12.8. The van der Waals surface area contributed by atoms with E-state index in [-0.39, 0.29) is 5.24 Å². The number of thioether (sulfide) groups is 1. The van der Waals surface area contributed by atoms with E-state index in [2.05, 4.69) is 30.6 Å². The van der Waals surface area contributed by atoms with Gasteiger partial charge in [-0.25, -0.2) is 0 Å². The Labute approximate surface area is 105 Å². The van der Waals surface area contributed by atoms with Crippen LogP contribution in [0.2, 0.25) is 0 Å². The van der Waals surface area contributed by atoms with Gasteiger partial charge in [0.05, 0.1) is 0 Å². The molecule has 82 valence electrons. The minimum Gasteiger partial charge on any atom is -0.347 e. The quantitative estimate of drug-likeness (QED) is 0.573. The Balaban J connectivity index is 2.60. The zero-order chi connectivity index (χ0) is 11.3. The maximum atomic E-state index is 11.4. The lowest BCUT2D eigenvalue weighted by Gasteiger charge is -2.04. The largest absolute Gasteiger partial charge is 0.347 e. The Morgan fingerprint density at radius 2 is 1.93 bits per heavy atom. The standard InChI is InChI=1S/C10H13NOS3/c1-2-3-11-10(12)15-9-5-7(13)4-8(14)6-9/h4-6,13-14H,2-3H2,1H3,(H,11,12). The summed E-state index contributed by atoms with van der Waals surface area (Å²) in [5, 5.41) is 2.76. The zero-order valence-corrected chi connectivity index (χ0v) is 11.0. The molecule has 0 atom stereocenters. The number of amides is 1. The second-order valence-corrected chi connectivity index (χ2v) is 5.08. The van der Waals surface area contributed by atoms with E-state index in [0.29, 0.717) is 6.54 Å². The monoisotopic (exact) mass is 259 g/mol. The fraction of sp³-hybridized carbons (Fsp3) is 0.300. The van der Waals surface area contributed by atoms with E-state index >= 15 is 0 Å². The number of thiol groups is 2. The van der Waals surface area contributed by atoms with Crippen LogP contribution in [0.5, 0.6) is 0 Å². The van der Waals surface area contributed by atoms with Gasteiger partial charge in [0.2, 0.25) is 0 Å². The Hall–Kier alpha value is -0.260. The molecule has 0 saturated heterocycles. The molecule has 0 heterocycles. The second kappa shape index (κ2) is 6.35. The molecule has 1 N–H and O–H groups in total. The minimum atomic E-state index is -0.0384. The molecule has 0 radical (unpaired) electrons. The first-order chi connectivity index (χ1) is 7.11. The van der Waals surface area contributed by atoms with Gasteiger partial charge in [-0.2, -0.15) is 0 Å². The third-order valence-corrected chi connectivity index (χ3v) is 2.92. The lowest BCUT2D eigenvalue weighted by atomic mass is 10.4. The maximum absolute atomic E-state index is 11.4. The van der Waals surface area contributed by atoms with E-state index in [4.69, 9.17) is 0 Å². The molecule has 1 rings (SSSR count). The van der Waals surface area contributed by atoms with Gasteiger partial charge in [0.25, 0.3) is 5.24 Å². The smallest absolute Gasteiger partial charge is 0.283 e. The van der Waals surface area contributed by atoms with Crippen LogP contribution >= 0.6 is 37.0 Å². The molecule has 5 heteroatoms. The van der Waals surface area contributed by atoms with Crippen molar-refractivity contribution >= 4 is 42.3 Å². The molecular formula is C10H13NOS3. The van der Waals surface area contributed by atoms with Crippen LogP contribution in [0.15, 0.2) is 32.9 Å². The van der Waals surface area contributed by atoms with Gasteiger partial charge >= 0.3 is 0 Å². The highest BCUT2D eigenvalue weighted by atomic mass is 32.2. The molecule has 0 fully saturated rings. The number of nitrogens with one attached hydrogen (secondary N) is 1. The van der Waals surface area contributed by atoms with Gasteiger partial charge in [0, 0.05) is 21.2 Å². The van der Waals surface area contributed by atoms with Gasteiger partial charge in [-0.3, -0.25) is 4.79 Å². The highest BCUT2D eigenvalue weighted by Crippen LogP contribution is 2.25. The summed E-state index contributed by atoms with van der Waals surface area (Å²) in [5.74, 6) is 0. The van der Waals surface area contributed by atoms with Crippen LogP contribution in [0.3, 0.4) is 0 Å². The van der Waals surface area contributed by atoms with Crippen LogP contribution in [0.4, 0.5) is 4.79 Å². The Morgan fingerprint density at radius 3 is 2.47 bits per heavy atom. The summed E-state index contributed by atoms with van der Waals surface area (Å²) in [6.07, 6.45) is 0.941. The summed E-state index contributed by atoms with van der Waals surface area (Å²) in [7, 11) is 0. The van der Waals surface area contributed by atoms with E-state index in [1.807, 2.05) is 25.1 Å². The van der Waals surface area contributed by atoms with Gasteiger partial charge in [-0.15, -0.1) is 25.3 Å². The molecular weight excluding hydrogens is 246 g/mol. The molecule has 0 aliphatic heterocycles. The second-order valence-electron chi connectivity index (χ2n) is 3.00. The van der Waals surface area contributed by atoms with Crippen LogP contribution in [0.25, 0.3) is 0 Å². The third kappa shape index (κ3) is 4.86. The van der Waals surface area contributed by atoms with E-state index in [9.17, 15) is 4.79 Å². The Bertz CT molecular complexity index is 334. The predicted molar refractivity (Wildman–Crippen MR) is 70.5 cm³/mol. The van der Waals surface area contributed by atoms with Gasteiger partial charge in [0.1, 0.15) is 0 Å². The fourth-order valence-electron chi connectivity index (χ4n) is 0.997. The summed E-state index contributed by atoms with van der Waals surface area (Å²) >= 11 is 9.61. The molecule has 2 nitrogen and oxygen atoms in total. The van der Waals surface area contributed by atoms with Crippen molar-refractivity contribution in [2.75, 3.05) is 6.54 Å². The van der Waals surface area contributed by atoms with Crippen LogP contribution in [-0.4, -0.2) is 11.8 Å². The molecule has 1 aromatic rings. The molecule has 0 aliphatic carbocycles. The topological polar surface area (TPSA) is 29.1 Å². The number of carbonyl (C=O) groups is 1. The number of benzene rings is 1. The molecule has 0 saturated carbocycles. The van der Waals surface area contributed by atoms with Crippen molar-refractivity contribution in [3.05, 3.63) is 18.2 Å². The number of carbonyl (C=O) groups excluding carboxylic acids is 1. The molecule has 0 unspecified atom stereocenters. The number of hydrogen-bond donors (Lipinski definition) is 3. The van der Waals surface area contributed by atoms with Crippen molar-refractivity contribution in [3.63, 3.8) is 0 Å². The molecule has 0 aliphatic rings. The van der Waals surface area contributed by atoms with Crippen LogP contribution in [-0.2, 0) is 0 Å². The Morgan fingerprint density at radius 1 is 1.33 bits per heavy atom. The summed E-state index contributed by atoms with van der Waals surface area (Å²) < 4.78 is 0. The maximum Gasteiger partial charge on any atom is 0.283 e. The van der Waals surface area contributed by atoms with E-state index in [1.54, 1.807) is 0 Å². The Kier molecular flexibility index (Phi) is 5.42. The molecule has 0 bridgehead atoms. The summed E-state index contributed by atoms with van der Waals surface area (Å²) in [6, 6.07) is 5.53. The lowest BCUT2D eigenvalue weighted by molar-refractivity contribution is 0.260. The van der Waals surface area contributed by atoms with E-state index in [1.165, 1.54) is 0 Å².